The van der Waals surface area contributed by atoms with Crippen LogP contribution in [-0.2, 0) is 80.6 Å². The minimum Gasteiger partial charge on any atom is -0.459 e. The molecule has 17 heterocycles. The number of fused-ring (bicyclic) bond motifs is 11. The van der Waals surface area contributed by atoms with Gasteiger partial charge in [-0.25, -0.2) is 0 Å². The quantitative estimate of drug-likeness (QED) is 0.228. The summed E-state index contributed by atoms with van der Waals surface area (Å²) < 4.78 is 109. The van der Waals surface area contributed by atoms with Crippen molar-refractivity contribution < 1.29 is 101 Å². The van der Waals surface area contributed by atoms with E-state index in [1.165, 1.54) is 0 Å². The molecule has 0 saturated carbocycles. The third-order valence-corrected chi connectivity index (χ3v) is 22.9. The normalized spacial score (nSPS) is 59.6. The molecule has 0 aromatic rings. The Morgan fingerprint density at radius 1 is 0.537 bits per heavy atom. The Morgan fingerprint density at radius 2 is 1.22 bits per heavy atom. The molecule has 0 aromatic heterocycles. The monoisotopic (exact) mass is 1150 g/mol. The first-order valence-electron chi connectivity index (χ1n) is 31.6. The largest absolute Gasteiger partial charge is 0.459 e. The van der Waals surface area contributed by atoms with E-state index >= 15 is 0 Å². The van der Waals surface area contributed by atoms with Crippen molar-refractivity contribution in [3.05, 3.63) is 24.3 Å². The smallest absolute Gasteiger partial charge is 0.308 e. The van der Waals surface area contributed by atoms with Crippen LogP contribution in [0.2, 0.25) is 0 Å². The Bertz CT molecular complexity index is 2500. The molecule has 17 saturated heterocycles. The molecule has 17 aliphatic heterocycles. The number of hydrogen-bond acceptors (Lipinski definition) is 21. The second-order valence-corrected chi connectivity index (χ2v) is 28.4. The van der Waals surface area contributed by atoms with Gasteiger partial charge in [-0.05, 0) is 73.8 Å². The van der Waals surface area contributed by atoms with Crippen molar-refractivity contribution in [2.45, 2.75) is 319 Å². The molecular formula is C61H86O21. The van der Waals surface area contributed by atoms with Crippen LogP contribution in [0.1, 0.15) is 137 Å². The van der Waals surface area contributed by atoms with Gasteiger partial charge in [-0.15, -0.1) is 0 Å². The van der Waals surface area contributed by atoms with Crippen LogP contribution in [0.3, 0.4) is 0 Å². The van der Waals surface area contributed by atoms with E-state index < -0.39 is 108 Å². The highest BCUT2D eigenvalue weighted by Crippen LogP contribution is 2.60. The maximum absolute atomic E-state index is 14.6. The van der Waals surface area contributed by atoms with Gasteiger partial charge in [0.05, 0.1) is 123 Å². The van der Waals surface area contributed by atoms with Crippen LogP contribution in [0.4, 0.5) is 0 Å². The van der Waals surface area contributed by atoms with Crippen LogP contribution in [0.15, 0.2) is 24.3 Å². The summed E-state index contributed by atoms with van der Waals surface area (Å²) in [5, 5.41) is 43.8. The molecule has 17 fully saturated rings. The second kappa shape index (κ2) is 20.1. The molecule has 34 atom stereocenters. The lowest BCUT2D eigenvalue weighted by Crippen LogP contribution is -2.63. The summed E-state index contributed by atoms with van der Waals surface area (Å²) in [6.45, 7) is 17.4. The van der Waals surface area contributed by atoms with Gasteiger partial charge in [0.15, 0.2) is 17.7 Å². The van der Waals surface area contributed by atoms with Crippen LogP contribution < -0.4 is 0 Å². The average molecular weight is 1160 g/mol. The first kappa shape index (κ1) is 55.5. The van der Waals surface area contributed by atoms with E-state index in [1.54, 1.807) is 0 Å². The van der Waals surface area contributed by atoms with Crippen LogP contribution >= 0.6 is 0 Å². The standard InChI is InChI=1S/C61H86O21/c1-25-13-31-7-9-35-26(2)14-33(67-35)11-12-60-57(65)61(66)56(82-60)55-54(81-61)53(80-60)52-36(72-55)10-8-32(69-52)15-47(64)75-51-30(6)50-43(71-42(51)16-37(68-31)29(25)5)19-41-45(74-50)22-59(76-41)23-46-49(79-59)28(4)21-58(78-46)20-27(3)48-44(77-58)18-39-40(73-48)17-38(70-39)34(63)24-62/h25,27-28,30-46,48-57,62-63,65-66H,2,5,7-24H2,1,3-4,6H3/t25-,27+,28+,30+,31+,32-,33+,34+,35+,36+,37-,38+,39-,40-,41-,42+,43+,44+,45-,46+,48+,49+,50+,51-,52+,53+,54+,55-,56?,57+,58-,59+,60-,61?/m1/s1. The second-order valence-electron chi connectivity index (χ2n) is 28.4. The summed E-state index contributed by atoms with van der Waals surface area (Å²) in [4.78, 5) is 14.6. The predicted molar refractivity (Wildman–Crippen MR) is 279 cm³/mol. The topological polar surface area (TPSA) is 246 Å². The number of rotatable bonds is 2. The number of carbonyl (C=O) groups excluding carboxylic acids is 1. The van der Waals surface area contributed by atoms with Crippen LogP contribution in [0.5, 0.6) is 0 Å². The molecule has 0 amide bonds. The maximum atomic E-state index is 14.6. The minimum atomic E-state index is -2.03. The zero-order valence-electron chi connectivity index (χ0n) is 47.7. The molecule has 0 radical (unpaired) electrons. The fraction of sp³-hybridized carbons (Fsp3) is 0.918. The zero-order valence-corrected chi connectivity index (χ0v) is 47.7. The van der Waals surface area contributed by atoms with Crippen LogP contribution in [0, 0.1) is 23.7 Å². The van der Waals surface area contributed by atoms with Crippen molar-refractivity contribution >= 4 is 5.97 Å². The lowest BCUT2D eigenvalue weighted by molar-refractivity contribution is -0.369. The molecule has 17 rings (SSSR count). The Balaban J connectivity index is 0.633. The van der Waals surface area contributed by atoms with E-state index in [1.807, 2.05) is 0 Å². The minimum absolute atomic E-state index is 0.0316. The lowest BCUT2D eigenvalue weighted by Gasteiger charge is -2.54. The zero-order chi connectivity index (χ0) is 56.1. The molecule has 17 aliphatic rings. The van der Waals surface area contributed by atoms with Gasteiger partial charge >= 0.3 is 5.97 Å². The van der Waals surface area contributed by atoms with Crippen molar-refractivity contribution in [1.82, 2.24) is 0 Å². The van der Waals surface area contributed by atoms with Crippen molar-refractivity contribution in [2.24, 2.45) is 23.7 Å². The highest BCUT2D eigenvalue weighted by atomic mass is 16.8. The fourth-order valence-electron chi connectivity index (χ4n) is 18.9. The molecule has 4 N–H and O–H groups in total. The number of aliphatic hydroxyl groups is 4. The van der Waals surface area contributed by atoms with Gasteiger partial charge in [0, 0.05) is 63.7 Å². The van der Waals surface area contributed by atoms with E-state index in [4.69, 9.17) is 75.8 Å². The summed E-state index contributed by atoms with van der Waals surface area (Å²) in [5.41, 5.74) is 2.01. The Kier molecular flexibility index (Phi) is 13.6. The van der Waals surface area contributed by atoms with Gasteiger partial charge in [0.1, 0.15) is 42.7 Å². The Labute approximate surface area is 478 Å². The fourth-order valence-corrected chi connectivity index (χ4v) is 18.9. The summed E-state index contributed by atoms with van der Waals surface area (Å²) in [5.74, 6) is -5.68. The molecule has 21 heteroatoms. The van der Waals surface area contributed by atoms with Gasteiger partial charge < -0.3 is 96.2 Å². The van der Waals surface area contributed by atoms with Crippen molar-refractivity contribution in [3.8, 4) is 0 Å². The summed E-state index contributed by atoms with van der Waals surface area (Å²) >= 11 is 0. The molecule has 12 bridgehead atoms. The maximum Gasteiger partial charge on any atom is 0.308 e. The number of esters is 1. The number of ether oxygens (including phenoxy) is 16. The van der Waals surface area contributed by atoms with Crippen molar-refractivity contribution in [3.63, 3.8) is 0 Å². The van der Waals surface area contributed by atoms with Gasteiger partial charge in [0.2, 0.25) is 11.6 Å². The first-order chi connectivity index (χ1) is 39.3. The summed E-state index contributed by atoms with van der Waals surface area (Å²) in [6.07, 6.45) is -3.21. The molecule has 2 unspecified atom stereocenters. The Morgan fingerprint density at radius 3 is 2.06 bits per heavy atom. The van der Waals surface area contributed by atoms with Crippen molar-refractivity contribution in [2.75, 3.05) is 6.61 Å². The highest BCUT2D eigenvalue weighted by Gasteiger charge is 2.79. The predicted octanol–water partition coefficient (Wildman–Crippen LogP) is 3.62. The molecule has 0 aliphatic carbocycles. The third-order valence-electron chi connectivity index (χ3n) is 22.9. The van der Waals surface area contributed by atoms with Crippen LogP contribution in [-0.4, -0.2) is 215 Å². The number of hydrogen-bond donors (Lipinski definition) is 4. The van der Waals surface area contributed by atoms with Gasteiger partial charge in [-0.2, -0.15) is 0 Å². The number of carbonyl (C=O) groups is 1. The molecule has 3 spiro atoms. The molecule has 0 aromatic carbocycles. The van der Waals surface area contributed by atoms with E-state index in [-0.39, 0.29) is 122 Å². The lowest BCUT2D eigenvalue weighted by atomic mass is 9.78. The van der Waals surface area contributed by atoms with E-state index in [2.05, 4.69) is 40.9 Å². The molecule has 82 heavy (non-hydrogen) atoms. The molecular weight excluding hydrogens is 1070 g/mol. The van der Waals surface area contributed by atoms with E-state index in [9.17, 15) is 25.2 Å². The first-order valence-corrected chi connectivity index (χ1v) is 31.6. The number of aliphatic hydroxyl groups excluding tert-OH is 3. The van der Waals surface area contributed by atoms with Gasteiger partial charge in [-0.1, -0.05) is 40.9 Å². The summed E-state index contributed by atoms with van der Waals surface area (Å²) in [6, 6.07) is 0. The Hall–Kier alpha value is -1.81. The average Bonchev–Trinajstić information content (AvgIpc) is 2.05. The van der Waals surface area contributed by atoms with Crippen molar-refractivity contribution in [1.29, 1.82) is 0 Å². The van der Waals surface area contributed by atoms with E-state index in [0.29, 0.717) is 83.5 Å². The third kappa shape index (κ3) is 8.87. The van der Waals surface area contributed by atoms with E-state index in [0.717, 1.165) is 24.0 Å². The SMILES string of the molecule is C=C1C[C@@H]2CC[C@]34OC5[C@@H]6O[C@H]7CC[C@H](CC(=O)O[C@@H]8[C@@H](C)[C@@H]9O[C@@H]%10C[C@]%11(C[C@@H]%12O[C@]%13(C[C@H](C)[C@@H]%14O[C@@H]%15C[C@@H]([C@@H](O)CO)O[C@@H]%15C[C@@H]%14O%13)C[C@H](C)[C@@H]%12O%11)O[C@@H]%10C[C@@H]9O[C@H]8C[C@H]8O[C@@H](CC[C@@H]1O2)C[C@@H](C)C8=C)O[C@@H]7[C@H](O3)[C@@H]6OC5(O)[C@H]4O. The van der Waals surface area contributed by atoms with Crippen LogP contribution in [0.25, 0.3) is 0 Å². The summed E-state index contributed by atoms with van der Waals surface area (Å²) in [7, 11) is 0. The highest BCUT2D eigenvalue weighted by molar-refractivity contribution is 5.70. The van der Waals surface area contributed by atoms with Gasteiger partial charge in [0.25, 0.3) is 0 Å². The van der Waals surface area contributed by atoms with Gasteiger partial charge in [-0.3, -0.25) is 4.79 Å². The molecule has 21 nitrogen and oxygen atoms in total. The molecule has 456 valence electrons.